The Morgan fingerprint density at radius 3 is 2.52 bits per heavy atom. The van der Waals surface area contributed by atoms with Gasteiger partial charge in [-0.2, -0.15) is 0 Å². The second kappa shape index (κ2) is 9.82. The van der Waals surface area contributed by atoms with Crippen LogP contribution in [-0.2, 0) is 4.79 Å². The summed E-state index contributed by atoms with van der Waals surface area (Å²) in [4.78, 5) is 19.6. The summed E-state index contributed by atoms with van der Waals surface area (Å²) in [6, 6.07) is 9.84. The summed E-state index contributed by atoms with van der Waals surface area (Å²) in [6.45, 7) is 4.40. The Kier molecular flexibility index (Phi) is 7.12. The molecule has 2 aromatic carbocycles. The molecule has 4 nitrogen and oxygen atoms in total. The Hall–Kier alpha value is -1.73. The van der Waals surface area contributed by atoms with Crippen LogP contribution in [0.2, 0.25) is 10.0 Å². The van der Waals surface area contributed by atoms with Crippen LogP contribution in [-0.4, -0.2) is 62.8 Å². The first kappa shape index (κ1) is 22.5. The molecule has 0 radical (unpaired) electrons. The molecule has 2 fully saturated rings. The minimum absolute atomic E-state index is 0.283. The fraction of sp³-hybridized carbons (Fsp3) is 0.348. The summed E-state index contributed by atoms with van der Waals surface area (Å²) in [5.74, 6) is 0.532. The first-order valence-electron chi connectivity index (χ1n) is 10.2. The molecule has 0 saturated carbocycles. The van der Waals surface area contributed by atoms with Crippen molar-refractivity contribution in [2.75, 3.05) is 55.3 Å². The predicted molar refractivity (Wildman–Crippen MR) is 130 cm³/mol. The van der Waals surface area contributed by atoms with Crippen molar-refractivity contribution in [3.63, 3.8) is 0 Å². The first-order valence-corrected chi connectivity index (χ1v) is 11.9. The average molecular weight is 480 g/mol. The molecule has 0 aromatic heterocycles. The lowest BCUT2D eigenvalue weighted by Crippen LogP contribution is -2.44. The van der Waals surface area contributed by atoms with Crippen LogP contribution in [0.1, 0.15) is 5.56 Å². The Morgan fingerprint density at radius 2 is 1.81 bits per heavy atom. The Balaban J connectivity index is 1.68. The molecule has 0 aliphatic carbocycles. The van der Waals surface area contributed by atoms with Crippen LogP contribution < -0.4 is 9.80 Å². The number of anilines is 2. The lowest BCUT2D eigenvalue weighted by Gasteiger charge is -2.37. The molecule has 2 heterocycles. The van der Waals surface area contributed by atoms with Crippen molar-refractivity contribution in [1.29, 1.82) is 0 Å². The number of hydrogen-bond donors (Lipinski definition) is 0. The number of rotatable bonds is 4. The van der Waals surface area contributed by atoms with Gasteiger partial charge in [0.1, 0.15) is 18.1 Å². The molecule has 8 heteroatoms. The zero-order valence-corrected chi connectivity index (χ0v) is 19.6. The number of aldehydes is 1. The van der Waals surface area contributed by atoms with E-state index in [0.717, 1.165) is 60.1 Å². The molecule has 31 heavy (non-hydrogen) atoms. The van der Waals surface area contributed by atoms with E-state index in [-0.39, 0.29) is 5.82 Å². The number of nitrogens with zero attached hydrogens (tertiary/aromatic N) is 3. The van der Waals surface area contributed by atoms with Crippen molar-refractivity contribution in [1.82, 2.24) is 4.90 Å². The third-order valence-electron chi connectivity index (χ3n) is 5.72. The van der Waals surface area contributed by atoms with Gasteiger partial charge in [0.15, 0.2) is 0 Å². The number of carbonyl (C=O) groups is 1. The van der Waals surface area contributed by atoms with Gasteiger partial charge in [-0.05, 0) is 49.5 Å². The van der Waals surface area contributed by atoms with Crippen molar-refractivity contribution < 1.29 is 9.18 Å². The third kappa shape index (κ3) is 5.03. The maximum atomic E-state index is 14.2. The van der Waals surface area contributed by atoms with Gasteiger partial charge in [-0.3, -0.25) is 0 Å². The Bertz CT molecular complexity index is 995. The Labute approximate surface area is 196 Å². The van der Waals surface area contributed by atoms with Gasteiger partial charge in [0.05, 0.1) is 10.0 Å². The van der Waals surface area contributed by atoms with E-state index in [0.29, 0.717) is 16.6 Å². The molecule has 2 saturated heterocycles. The van der Waals surface area contributed by atoms with Crippen LogP contribution in [0.25, 0.3) is 6.08 Å². The highest BCUT2D eigenvalue weighted by Gasteiger charge is 2.28. The number of piperazine rings is 1. The summed E-state index contributed by atoms with van der Waals surface area (Å²) < 4.78 is 14.2. The van der Waals surface area contributed by atoms with Gasteiger partial charge in [0.25, 0.3) is 0 Å². The van der Waals surface area contributed by atoms with E-state index in [4.69, 9.17) is 23.2 Å². The lowest BCUT2D eigenvalue weighted by molar-refractivity contribution is -0.108. The van der Waals surface area contributed by atoms with Crippen LogP contribution in [0, 0.1) is 5.82 Å². The van der Waals surface area contributed by atoms with E-state index in [1.54, 1.807) is 30.0 Å². The second-order valence-electron chi connectivity index (χ2n) is 7.76. The zero-order valence-electron chi connectivity index (χ0n) is 17.2. The number of hydrogen-bond acceptors (Lipinski definition) is 5. The van der Waals surface area contributed by atoms with Crippen LogP contribution in [0.4, 0.5) is 15.8 Å². The molecule has 164 valence electrons. The number of benzene rings is 2. The van der Waals surface area contributed by atoms with E-state index in [9.17, 15) is 9.18 Å². The molecular formula is C23H24Cl2FN3OS. The monoisotopic (exact) mass is 479 g/mol. The summed E-state index contributed by atoms with van der Waals surface area (Å²) in [7, 11) is 2.11. The highest BCUT2D eigenvalue weighted by Crippen LogP contribution is 2.37. The largest absolute Gasteiger partial charge is 0.368 e. The smallest absolute Gasteiger partial charge is 0.147 e. The predicted octanol–water partition coefficient (Wildman–Crippen LogP) is 5.05. The van der Waals surface area contributed by atoms with E-state index in [1.807, 2.05) is 23.1 Å². The molecule has 1 atom stereocenters. The van der Waals surface area contributed by atoms with E-state index < -0.39 is 6.04 Å². The summed E-state index contributed by atoms with van der Waals surface area (Å²) in [5, 5.41) is 0.932. The molecule has 2 aromatic rings. The molecule has 2 aliphatic rings. The minimum Gasteiger partial charge on any atom is -0.368 e. The number of thioether (sulfide) groups is 1. The molecule has 0 N–H and O–H groups in total. The summed E-state index contributed by atoms with van der Waals surface area (Å²) in [5.41, 5.74) is 2.64. The van der Waals surface area contributed by atoms with Gasteiger partial charge in [-0.25, -0.2) is 4.39 Å². The molecule has 0 bridgehead atoms. The first-order chi connectivity index (χ1) is 15.0. The van der Waals surface area contributed by atoms with Crippen LogP contribution in [0.3, 0.4) is 0 Å². The van der Waals surface area contributed by atoms with Crippen molar-refractivity contribution in [2.24, 2.45) is 0 Å². The van der Waals surface area contributed by atoms with Gasteiger partial charge in [0.2, 0.25) is 0 Å². The third-order valence-corrected chi connectivity index (χ3v) is 7.54. The summed E-state index contributed by atoms with van der Waals surface area (Å²) in [6.07, 6.45) is 2.90. The molecule has 4 rings (SSSR count). The second-order valence-corrected chi connectivity index (χ2v) is 9.74. The highest BCUT2D eigenvalue weighted by atomic mass is 35.5. The van der Waals surface area contributed by atoms with E-state index in [2.05, 4.69) is 16.8 Å². The normalized spacial score (nSPS) is 21.5. The summed E-state index contributed by atoms with van der Waals surface area (Å²) >= 11 is 13.9. The van der Waals surface area contributed by atoms with Crippen molar-refractivity contribution >= 4 is 58.7 Å². The van der Waals surface area contributed by atoms with Gasteiger partial charge in [-0.15, -0.1) is 11.8 Å². The molecule has 0 amide bonds. The van der Waals surface area contributed by atoms with Crippen molar-refractivity contribution in [3.8, 4) is 0 Å². The Morgan fingerprint density at radius 1 is 1.03 bits per heavy atom. The van der Waals surface area contributed by atoms with Crippen molar-refractivity contribution in [2.45, 2.75) is 6.04 Å². The molecule has 0 spiro atoms. The quantitative estimate of drug-likeness (QED) is 0.572. The van der Waals surface area contributed by atoms with Gasteiger partial charge in [0, 0.05) is 60.3 Å². The van der Waals surface area contributed by atoms with Crippen molar-refractivity contribution in [3.05, 3.63) is 62.7 Å². The van der Waals surface area contributed by atoms with Crippen LogP contribution >= 0.6 is 35.0 Å². The van der Waals surface area contributed by atoms with Crippen LogP contribution in [0.15, 0.2) is 41.3 Å². The van der Waals surface area contributed by atoms with Gasteiger partial charge < -0.3 is 19.5 Å². The fourth-order valence-electron chi connectivity index (χ4n) is 3.99. The zero-order chi connectivity index (χ0) is 22.0. The number of carbonyl (C=O) groups excluding carboxylic acids is 1. The van der Waals surface area contributed by atoms with E-state index in [1.165, 1.54) is 6.07 Å². The highest BCUT2D eigenvalue weighted by molar-refractivity contribution is 8.03. The SMILES string of the molecule is CN1CCN(c2ccc(F)cc2C=C2SCCN(c3ccc(Cl)c(Cl)c3)C2C=O)CC1. The van der Waals surface area contributed by atoms with Gasteiger partial charge >= 0.3 is 0 Å². The lowest BCUT2D eigenvalue weighted by atomic mass is 10.1. The maximum absolute atomic E-state index is 14.2. The average Bonchev–Trinajstić information content (AvgIpc) is 2.76. The standard InChI is InChI=1S/C23H24Cl2FN3OS/c1-27-6-8-28(9-7-27)21-5-2-17(26)12-16(21)13-23-22(15-30)29(10-11-31-23)18-3-4-19(24)20(25)14-18/h2-5,12-15,22H,6-11H2,1H3. The van der Waals surface area contributed by atoms with E-state index >= 15 is 0 Å². The fourth-order valence-corrected chi connectivity index (χ4v) is 5.37. The van der Waals surface area contributed by atoms with Gasteiger partial charge in [-0.1, -0.05) is 23.2 Å². The molecular weight excluding hydrogens is 456 g/mol. The topological polar surface area (TPSA) is 26.8 Å². The number of likely N-dealkylation sites (N-methyl/N-ethyl adjacent to an activating group) is 1. The molecule has 1 unspecified atom stereocenters. The number of halogens is 3. The maximum Gasteiger partial charge on any atom is 0.147 e. The molecule has 2 aliphatic heterocycles. The van der Waals surface area contributed by atoms with Crippen LogP contribution in [0.5, 0.6) is 0 Å². The minimum atomic E-state index is -0.459.